The second-order valence-corrected chi connectivity index (χ2v) is 8.95. The third-order valence-electron chi connectivity index (χ3n) is 5.22. The van der Waals surface area contributed by atoms with Gasteiger partial charge >= 0.3 is 0 Å². The van der Waals surface area contributed by atoms with Crippen LogP contribution in [0, 0.1) is 19.8 Å². The highest BCUT2D eigenvalue weighted by molar-refractivity contribution is 7.89. The van der Waals surface area contributed by atoms with Crippen molar-refractivity contribution in [3.8, 4) is 0 Å². The van der Waals surface area contributed by atoms with E-state index in [1.54, 1.807) is 11.2 Å². The molecule has 2 unspecified atom stereocenters. The largest absolute Gasteiger partial charge is 0.380 e. The molecule has 1 aromatic heterocycles. The molecule has 2 aliphatic rings. The Balaban J connectivity index is 1.73. The second-order valence-electron chi connectivity index (χ2n) is 6.74. The number of rotatable bonds is 4. The molecule has 2 saturated heterocycles. The van der Waals surface area contributed by atoms with E-state index in [4.69, 9.17) is 9.26 Å². The molecule has 2 fully saturated rings. The molecule has 3 heterocycles. The van der Waals surface area contributed by atoms with Gasteiger partial charge in [0.25, 0.3) is 0 Å². The van der Waals surface area contributed by atoms with Crippen molar-refractivity contribution >= 4 is 10.0 Å². The SMILES string of the molecule is CCS(=O)(=O)N1CCOCC2CN(Cc3c(C)noc3C)CCC21. The predicted octanol–water partition coefficient (Wildman–Crippen LogP) is 1.16. The fraction of sp³-hybridized carbons (Fsp3) is 0.812. The lowest BCUT2D eigenvalue weighted by molar-refractivity contribution is 0.0610. The predicted molar refractivity (Wildman–Crippen MR) is 90.1 cm³/mol. The molecule has 2 atom stereocenters. The zero-order chi connectivity index (χ0) is 17.3. The number of likely N-dealkylation sites (tertiary alicyclic amines) is 1. The van der Waals surface area contributed by atoms with Crippen LogP contribution in [0.4, 0.5) is 0 Å². The van der Waals surface area contributed by atoms with E-state index in [-0.39, 0.29) is 17.7 Å². The topological polar surface area (TPSA) is 75.9 Å². The maximum absolute atomic E-state index is 12.4. The first-order valence-electron chi connectivity index (χ1n) is 8.63. The Hall–Kier alpha value is -0.960. The lowest BCUT2D eigenvalue weighted by Crippen LogP contribution is -2.53. The third-order valence-corrected chi connectivity index (χ3v) is 7.12. The molecule has 0 saturated carbocycles. The monoisotopic (exact) mass is 357 g/mol. The molecule has 0 radical (unpaired) electrons. The molecule has 3 rings (SSSR count). The molecule has 2 aliphatic heterocycles. The summed E-state index contributed by atoms with van der Waals surface area (Å²) in [5.74, 6) is 1.23. The number of piperidine rings is 1. The zero-order valence-electron chi connectivity index (χ0n) is 14.7. The average Bonchev–Trinajstić information content (AvgIpc) is 2.78. The van der Waals surface area contributed by atoms with Gasteiger partial charge in [-0.25, -0.2) is 8.42 Å². The Bertz CT molecular complexity index is 653. The highest BCUT2D eigenvalue weighted by Gasteiger charge is 2.39. The summed E-state index contributed by atoms with van der Waals surface area (Å²) < 4.78 is 37.5. The van der Waals surface area contributed by atoms with Gasteiger partial charge in [0.1, 0.15) is 5.76 Å². The van der Waals surface area contributed by atoms with Crippen LogP contribution in [0.1, 0.15) is 30.4 Å². The molecule has 0 spiro atoms. The highest BCUT2D eigenvalue weighted by Crippen LogP contribution is 2.28. The van der Waals surface area contributed by atoms with Crippen molar-refractivity contribution in [1.29, 1.82) is 0 Å². The quantitative estimate of drug-likeness (QED) is 0.805. The Labute approximate surface area is 144 Å². The Morgan fingerprint density at radius 1 is 1.29 bits per heavy atom. The van der Waals surface area contributed by atoms with Gasteiger partial charge < -0.3 is 9.26 Å². The van der Waals surface area contributed by atoms with Gasteiger partial charge in [0, 0.05) is 43.7 Å². The first kappa shape index (κ1) is 17.8. The van der Waals surface area contributed by atoms with Crippen molar-refractivity contribution in [2.75, 3.05) is 38.6 Å². The van der Waals surface area contributed by atoms with Gasteiger partial charge in [0.15, 0.2) is 0 Å². The van der Waals surface area contributed by atoms with Gasteiger partial charge in [0.05, 0.1) is 24.7 Å². The number of hydrogen-bond acceptors (Lipinski definition) is 6. The van der Waals surface area contributed by atoms with Crippen molar-refractivity contribution in [2.45, 2.75) is 39.8 Å². The lowest BCUT2D eigenvalue weighted by Gasteiger charge is -2.41. The van der Waals surface area contributed by atoms with Crippen LogP contribution in [-0.2, 0) is 21.3 Å². The molecular formula is C16H27N3O4S. The standard InChI is InChI=1S/C16H27N3O4S/c1-4-24(20,21)19-7-8-22-11-14-9-18(6-5-16(14)19)10-15-12(2)17-23-13(15)3/h14,16H,4-11H2,1-3H3. The van der Waals surface area contributed by atoms with Crippen LogP contribution >= 0.6 is 0 Å². The van der Waals surface area contributed by atoms with Crippen molar-refractivity contribution in [3.63, 3.8) is 0 Å². The van der Waals surface area contributed by atoms with E-state index in [2.05, 4.69) is 10.1 Å². The molecule has 8 heteroatoms. The molecule has 0 amide bonds. The highest BCUT2D eigenvalue weighted by atomic mass is 32.2. The lowest BCUT2D eigenvalue weighted by atomic mass is 9.92. The molecule has 24 heavy (non-hydrogen) atoms. The number of ether oxygens (including phenoxy) is 1. The molecule has 1 aromatic rings. The van der Waals surface area contributed by atoms with Crippen LogP contribution < -0.4 is 0 Å². The van der Waals surface area contributed by atoms with E-state index < -0.39 is 10.0 Å². The van der Waals surface area contributed by atoms with Gasteiger partial charge in [-0.15, -0.1) is 0 Å². The number of aryl methyl sites for hydroxylation is 2. The van der Waals surface area contributed by atoms with Crippen molar-refractivity contribution < 1.29 is 17.7 Å². The first-order valence-corrected chi connectivity index (χ1v) is 10.2. The molecular weight excluding hydrogens is 330 g/mol. The molecule has 0 N–H and O–H groups in total. The van der Waals surface area contributed by atoms with E-state index in [1.807, 2.05) is 13.8 Å². The summed E-state index contributed by atoms with van der Waals surface area (Å²) in [6.07, 6.45) is 0.844. The van der Waals surface area contributed by atoms with Crippen molar-refractivity contribution in [1.82, 2.24) is 14.4 Å². The summed E-state index contributed by atoms with van der Waals surface area (Å²) in [4.78, 5) is 2.36. The minimum absolute atomic E-state index is 0.0540. The Kier molecular flexibility index (Phi) is 5.29. The zero-order valence-corrected chi connectivity index (χ0v) is 15.5. The number of hydrogen-bond donors (Lipinski definition) is 0. The maximum atomic E-state index is 12.4. The molecule has 0 aromatic carbocycles. The van der Waals surface area contributed by atoms with E-state index in [0.29, 0.717) is 19.8 Å². The first-order chi connectivity index (χ1) is 11.4. The van der Waals surface area contributed by atoms with Crippen LogP contribution in [-0.4, -0.2) is 67.4 Å². The maximum Gasteiger partial charge on any atom is 0.214 e. The normalized spacial score (nSPS) is 27.0. The van der Waals surface area contributed by atoms with E-state index in [9.17, 15) is 8.42 Å². The molecule has 0 aliphatic carbocycles. The van der Waals surface area contributed by atoms with Crippen LogP contribution in [0.3, 0.4) is 0 Å². The number of fused-ring (bicyclic) bond motifs is 1. The summed E-state index contributed by atoms with van der Waals surface area (Å²) in [6.45, 7) is 9.70. The number of aromatic nitrogens is 1. The van der Waals surface area contributed by atoms with Crippen LogP contribution in [0.25, 0.3) is 0 Å². The average molecular weight is 357 g/mol. The van der Waals surface area contributed by atoms with Crippen molar-refractivity contribution in [3.05, 3.63) is 17.0 Å². The molecule has 0 bridgehead atoms. The molecule has 7 nitrogen and oxygen atoms in total. The van der Waals surface area contributed by atoms with Crippen molar-refractivity contribution in [2.24, 2.45) is 5.92 Å². The van der Waals surface area contributed by atoms with Crippen LogP contribution in [0.15, 0.2) is 4.52 Å². The summed E-state index contributed by atoms with van der Waals surface area (Å²) in [6, 6.07) is 0.0540. The van der Waals surface area contributed by atoms with Gasteiger partial charge in [-0.05, 0) is 27.2 Å². The van der Waals surface area contributed by atoms with Gasteiger partial charge in [-0.2, -0.15) is 4.31 Å². The number of nitrogens with zero attached hydrogens (tertiary/aromatic N) is 3. The van der Waals surface area contributed by atoms with Gasteiger partial charge in [0.2, 0.25) is 10.0 Å². The molecule has 136 valence electrons. The minimum atomic E-state index is -3.19. The van der Waals surface area contributed by atoms with Gasteiger partial charge in [-0.1, -0.05) is 5.16 Å². The van der Waals surface area contributed by atoms with Gasteiger partial charge in [-0.3, -0.25) is 4.90 Å². The summed E-state index contributed by atoms with van der Waals surface area (Å²) >= 11 is 0. The van der Waals surface area contributed by atoms with Crippen LogP contribution in [0.2, 0.25) is 0 Å². The van der Waals surface area contributed by atoms with Crippen LogP contribution in [0.5, 0.6) is 0 Å². The summed E-state index contributed by atoms with van der Waals surface area (Å²) in [5, 5.41) is 4.02. The Morgan fingerprint density at radius 2 is 2.08 bits per heavy atom. The fourth-order valence-electron chi connectivity index (χ4n) is 3.80. The Morgan fingerprint density at radius 3 is 2.75 bits per heavy atom. The second kappa shape index (κ2) is 7.11. The van der Waals surface area contributed by atoms with E-state index >= 15 is 0 Å². The van der Waals surface area contributed by atoms with E-state index in [1.165, 1.54) is 0 Å². The number of sulfonamides is 1. The fourth-order valence-corrected chi connectivity index (χ4v) is 5.17. The summed E-state index contributed by atoms with van der Waals surface area (Å²) in [7, 11) is -3.19. The van der Waals surface area contributed by atoms with E-state index in [0.717, 1.165) is 43.1 Å². The summed E-state index contributed by atoms with van der Waals surface area (Å²) in [5.41, 5.74) is 2.07. The smallest absolute Gasteiger partial charge is 0.214 e. The third kappa shape index (κ3) is 3.51. The minimum Gasteiger partial charge on any atom is -0.380 e.